The van der Waals surface area contributed by atoms with E-state index in [2.05, 4.69) is 10.3 Å². The van der Waals surface area contributed by atoms with Crippen LogP contribution in [0.3, 0.4) is 0 Å². The number of carbonyl (C=O) groups is 1. The van der Waals surface area contributed by atoms with Gasteiger partial charge >= 0.3 is 0 Å². The summed E-state index contributed by atoms with van der Waals surface area (Å²) >= 11 is 5.73. The number of nitrogens with zero attached hydrogens (tertiary/aromatic N) is 3. The number of ketones is 1. The van der Waals surface area contributed by atoms with Crippen LogP contribution in [0.1, 0.15) is 16.1 Å². The van der Waals surface area contributed by atoms with Crippen molar-refractivity contribution in [2.24, 2.45) is 7.05 Å². The Balaban J connectivity index is 2.39. The highest BCUT2D eigenvalue weighted by molar-refractivity contribution is 6.30. The minimum Gasteiger partial charge on any atom is -0.382 e. The number of hydrogen-bond acceptors (Lipinski definition) is 4. The minimum atomic E-state index is -0.262. The van der Waals surface area contributed by atoms with Crippen LogP contribution in [0.5, 0.6) is 0 Å². The van der Waals surface area contributed by atoms with Crippen LogP contribution >= 0.6 is 11.6 Å². The lowest BCUT2D eigenvalue weighted by Gasteiger charge is -1.98. The van der Waals surface area contributed by atoms with Gasteiger partial charge in [-0.2, -0.15) is 0 Å². The fraction of sp³-hybridized carbons (Fsp3) is 0.100. The molecule has 0 saturated heterocycles. The molecule has 0 amide bonds. The van der Waals surface area contributed by atoms with Crippen molar-refractivity contribution < 1.29 is 4.79 Å². The van der Waals surface area contributed by atoms with E-state index < -0.39 is 0 Å². The first kappa shape index (κ1) is 10.6. The fourth-order valence-electron chi connectivity index (χ4n) is 1.26. The second-order valence-electron chi connectivity index (χ2n) is 3.28. The van der Waals surface area contributed by atoms with Crippen molar-refractivity contribution in [1.82, 2.24) is 15.0 Å². The summed E-state index contributed by atoms with van der Waals surface area (Å²) in [4.78, 5) is 12.0. The Kier molecular flexibility index (Phi) is 2.62. The number of nitrogens with two attached hydrogens (primary N) is 1. The summed E-state index contributed by atoms with van der Waals surface area (Å²) in [6.45, 7) is 0. The smallest absolute Gasteiger partial charge is 0.217 e. The molecule has 0 aliphatic rings. The molecule has 0 saturated carbocycles. The van der Waals surface area contributed by atoms with Crippen molar-refractivity contribution in [2.75, 3.05) is 5.73 Å². The van der Waals surface area contributed by atoms with Gasteiger partial charge in [0.25, 0.3) is 0 Å². The Morgan fingerprint density at radius 3 is 2.50 bits per heavy atom. The first-order valence-corrected chi connectivity index (χ1v) is 4.93. The molecule has 0 atom stereocenters. The summed E-state index contributed by atoms with van der Waals surface area (Å²) in [6.07, 6.45) is 0. The number of anilines is 1. The molecule has 2 aromatic rings. The Hall–Kier alpha value is -1.88. The van der Waals surface area contributed by atoms with Gasteiger partial charge in [0.2, 0.25) is 5.78 Å². The predicted molar refractivity (Wildman–Crippen MR) is 60.3 cm³/mol. The zero-order valence-corrected chi connectivity index (χ0v) is 9.27. The summed E-state index contributed by atoms with van der Waals surface area (Å²) in [6, 6.07) is 6.53. The van der Waals surface area contributed by atoms with Gasteiger partial charge < -0.3 is 5.73 Å². The normalized spacial score (nSPS) is 10.4. The van der Waals surface area contributed by atoms with E-state index in [0.717, 1.165) is 0 Å². The van der Waals surface area contributed by atoms with Crippen molar-refractivity contribution in [3.05, 3.63) is 40.5 Å². The number of rotatable bonds is 2. The van der Waals surface area contributed by atoms with Crippen molar-refractivity contribution in [2.45, 2.75) is 0 Å². The first-order chi connectivity index (χ1) is 7.59. The van der Waals surface area contributed by atoms with E-state index in [9.17, 15) is 4.79 Å². The lowest BCUT2D eigenvalue weighted by Crippen LogP contribution is -2.06. The second-order valence-corrected chi connectivity index (χ2v) is 3.72. The van der Waals surface area contributed by atoms with E-state index in [1.54, 1.807) is 31.3 Å². The lowest BCUT2D eigenvalue weighted by atomic mass is 10.1. The largest absolute Gasteiger partial charge is 0.382 e. The van der Waals surface area contributed by atoms with E-state index in [-0.39, 0.29) is 17.3 Å². The van der Waals surface area contributed by atoms with Crippen molar-refractivity contribution >= 4 is 23.2 Å². The zero-order chi connectivity index (χ0) is 11.7. The molecule has 0 aliphatic heterocycles. The summed E-state index contributed by atoms with van der Waals surface area (Å²) in [5.74, 6) is -0.0118. The Morgan fingerprint density at radius 1 is 1.38 bits per heavy atom. The van der Waals surface area contributed by atoms with Crippen LogP contribution in [0.15, 0.2) is 24.3 Å². The van der Waals surface area contributed by atoms with Crippen LogP contribution in [-0.4, -0.2) is 20.8 Å². The summed E-state index contributed by atoms with van der Waals surface area (Å²) in [5.41, 5.74) is 6.30. The number of carbonyl (C=O) groups excluding carboxylic acids is 1. The van der Waals surface area contributed by atoms with Gasteiger partial charge in [-0.1, -0.05) is 16.8 Å². The summed E-state index contributed by atoms with van der Waals surface area (Å²) in [5, 5.41) is 7.97. The molecule has 1 aromatic heterocycles. The molecule has 0 unspecified atom stereocenters. The summed E-state index contributed by atoms with van der Waals surface area (Å²) < 4.78 is 1.35. The highest BCUT2D eigenvalue weighted by Crippen LogP contribution is 2.15. The van der Waals surface area contributed by atoms with Gasteiger partial charge in [-0.05, 0) is 24.3 Å². The zero-order valence-electron chi connectivity index (χ0n) is 8.51. The van der Waals surface area contributed by atoms with Crippen molar-refractivity contribution in [1.29, 1.82) is 0 Å². The van der Waals surface area contributed by atoms with E-state index in [1.807, 2.05) is 0 Å². The molecule has 1 heterocycles. The molecule has 0 fully saturated rings. The number of aryl methyl sites for hydroxylation is 1. The molecular weight excluding hydrogens is 228 g/mol. The molecule has 0 spiro atoms. The number of hydrogen-bond donors (Lipinski definition) is 1. The fourth-order valence-corrected chi connectivity index (χ4v) is 1.39. The van der Waals surface area contributed by atoms with Crippen LogP contribution < -0.4 is 5.73 Å². The molecule has 2 rings (SSSR count). The molecule has 1 aromatic carbocycles. The molecule has 0 radical (unpaired) electrons. The van der Waals surface area contributed by atoms with Gasteiger partial charge in [-0.3, -0.25) is 4.79 Å². The highest BCUT2D eigenvalue weighted by atomic mass is 35.5. The van der Waals surface area contributed by atoms with Crippen LogP contribution in [0.4, 0.5) is 5.82 Å². The molecule has 5 nitrogen and oxygen atoms in total. The number of halogens is 1. The molecule has 0 bridgehead atoms. The van der Waals surface area contributed by atoms with E-state index in [0.29, 0.717) is 10.6 Å². The third kappa shape index (κ3) is 1.77. The van der Waals surface area contributed by atoms with Crippen molar-refractivity contribution in [3.63, 3.8) is 0 Å². The Bertz CT molecular complexity index is 532. The quantitative estimate of drug-likeness (QED) is 0.798. The second kappa shape index (κ2) is 3.94. The van der Waals surface area contributed by atoms with E-state index >= 15 is 0 Å². The maximum absolute atomic E-state index is 12.0. The number of nitrogen functional groups attached to an aromatic ring is 1. The minimum absolute atomic E-state index is 0.157. The molecule has 16 heavy (non-hydrogen) atoms. The number of benzene rings is 1. The summed E-state index contributed by atoms with van der Waals surface area (Å²) in [7, 11) is 1.63. The third-order valence-electron chi connectivity index (χ3n) is 2.19. The van der Waals surface area contributed by atoms with Crippen molar-refractivity contribution in [3.8, 4) is 0 Å². The average molecular weight is 237 g/mol. The molecule has 2 N–H and O–H groups in total. The maximum Gasteiger partial charge on any atom is 0.217 e. The standard InChI is InChI=1S/C10H9ClN4O/c1-15-10(12)8(13-14-15)9(16)6-2-4-7(11)5-3-6/h2-5H,12H2,1H3. The molecular formula is C10H9ClN4O. The van der Waals surface area contributed by atoms with E-state index in [1.165, 1.54) is 4.68 Å². The third-order valence-corrected chi connectivity index (χ3v) is 2.44. The first-order valence-electron chi connectivity index (χ1n) is 4.55. The SMILES string of the molecule is Cn1nnc(C(=O)c2ccc(Cl)cc2)c1N. The monoisotopic (exact) mass is 236 g/mol. The van der Waals surface area contributed by atoms with Gasteiger partial charge in [0.15, 0.2) is 11.5 Å². The topological polar surface area (TPSA) is 73.8 Å². The van der Waals surface area contributed by atoms with Gasteiger partial charge in [-0.15, -0.1) is 5.10 Å². The Morgan fingerprint density at radius 2 is 2.00 bits per heavy atom. The number of aromatic nitrogens is 3. The average Bonchev–Trinajstić information content (AvgIpc) is 2.60. The van der Waals surface area contributed by atoms with Gasteiger partial charge in [-0.25, -0.2) is 4.68 Å². The Labute approximate surface area is 96.8 Å². The van der Waals surface area contributed by atoms with Crippen LogP contribution in [-0.2, 0) is 7.05 Å². The lowest BCUT2D eigenvalue weighted by molar-refractivity contribution is 0.103. The van der Waals surface area contributed by atoms with Crippen LogP contribution in [0, 0.1) is 0 Å². The van der Waals surface area contributed by atoms with Crippen LogP contribution in [0.2, 0.25) is 5.02 Å². The molecule has 6 heteroatoms. The predicted octanol–water partition coefficient (Wildman–Crippen LogP) is 1.28. The highest BCUT2D eigenvalue weighted by Gasteiger charge is 2.17. The molecule has 0 aliphatic carbocycles. The van der Waals surface area contributed by atoms with Gasteiger partial charge in [0.05, 0.1) is 0 Å². The van der Waals surface area contributed by atoms with Gasteiger partial charge in [0, 0.05) is 17.6 Å². The van der Waals surface area contributed by atoms with Crippen LogP contribution in [0.25, 0.3) is 0 Å². The van der Waals surface area contributed by atoms with Gasteiger partial charge in [0.1, 0.15) is 0 Å². The maximum atomic E-state index is 12.0. The molecule has 82 valence electrons. The van der Waals surface area contributed by atoms with E-state index in [4.69, 9.17) is 17.3 Å².